The first-order valence-corrected chi connectivity index (χ1v) is 7.76. The topological polar surface area (TPSA) is 32.3 Å². The Morgan fingerprint density at radius 2 is 2.37 bits per heavy atom. The number of likely N-dealkylation sites (tertiary alicyclic amines) is 1. The molecule has 1 atom stereocenters. The molecule has 1 fully saturated rings. The van der Waals surface area contributed by atoms with Crippen LogP contribution in [0.25, 0.3) is 0 Å². The van der Waals surface area contributed by atoms with Gasteiger partial charge in [0.05, 0.1) is 10.6 Å². The van der Waals surface area contributed by atoms with Gasteiger partial charge in [-0.1, -0.05) is 24.6 Å². The highest BCUT2D eigenvalue weighted by Crippen LogP contribution is 2.26. The molecule has 0 bridgehead atoms. The zero-order valence-corrected chi connectivity index (χ0v) is 13.3. The van der Waals surface area contributed by atoms with Gasteiger partial charge in [-0.05, 0) is 54.0 Å². The van der Waals surface area contributed by atoms with Crippen LogP contribution in [0.15, 0.2) is 22.7 Å². The number of likely N-dealkylation sites (N-methyl/N-ethyl adjacent to an activating group) is 1. The van der Waals surface area contributed by atoms with E-state index in [1.807, 2.05) is 12.1 Å². The van der Waals surface area contributed by atoms with Gasteiger partial charge in [-0.15, -0.1) is 0 Å². The highest BCUT2D eigenvalue weighted by Gasteiger charge is 2.23. The fourth-order valence-electron chi connectivity index (χ4n) is 2.53. The van der Waals surface area contributed by atoms with Gasteiger partial charge in [0.2, 0.25) is 0 Å². The van der Waals surface area contributed by atoms with Crippen molar-refractivity contribution in [1.82, 2.24) is 10.2 Å². The minimum atomic E-state index is -0.103. The largest absolute Gasteiger partial charge is 0.350 e. The summed E-state index contributed by atoms with van der Waals surface area (Å²) in [7, 11) is 0. The Balaban J connectivity index is 1.96. The molecule has 3 nitrogen and oxygen atoms in total. The second-order valence-electron chi connectivity index (χ2n) is 4.74. The molecule has 104 valence electrons. The summed E-state index contributed by atoms with van der Waals surface area (Å²) in [6.45, 7) is 5.02. The Bertz CT molecular complexity index is 467. The predicted molar refractivity (Wildman–Crippen MR) is 81.8 cm³/mol. The standard InChI is InChI=1S/C14H18BrClN2O/c1-2-18-8-4-5-10(18)9-17-14(19)11-6-3-7-12(15)13(11)16/h3,6-7,10H,2,4-5,8-9H2,1H3,(H,17,19). The maximum absolute atomic E-state index is 12.1. The zero-order valence-electron chi connectivity index (χ0n) is 11.0. The first-order valence-electron chi connectivity index (χ1n) is 6.59. The van der Waals surface area contributed by atoms with Gasteiger partial charge in [-0.2, -0.15) is 0 Å². The van der Waals surface area contributed by atoms with Crippen LogP contribution in [0.5, 0.6) is 0 Å². The first kappa shape index (κ1) is 14.8. The van der Waals surface area contributed by atoms with Gasteiger partial charge in [0.25, 0.3) is 5.91 Å². The van der Waals surface area contributed by atoms with Crippen LogP contribution in [-0.2, 0) is 0 Å². The van der Waals surface area contributed by atoms with Crippen LogP contribution >= 0.6 is 27.5 Å². The molecule has 0 radical (unpaired) electrons. The molecule has 1 amide bonds. The third-order valence-corrected chi connectivity index (χ3v) is 4.90. The summed E-state index contributed by atoms with van der Waals surface area (Å²) in [6.07, 6.45) is 2.37. The number of benzene rings is 1. The second-order valence-corrected chi connectivity index (χ2v) is 5.97. The molecule has 0 aliphatic carbocycles. The number of amides is 1. The molecule has 1 N–H and O–H groups in total. The number of carbonyl (C=O) groups is 1. The smallest absolute Gasteiger partial charge is 0.252 e. The minimum absolute atomic E-state index is 0.103. The van der Waals surface area contributed by atoms with Gasteiger partial charge in [-0.25, -0.2) is 0 Å². The van der Waals surface area contributed by atoms with Crippen molar-refractivity contribution in [3.05, 3.63) is 33.3 Å². The van der Waals surface area contributed by atoms with Gasteiger partial charge >= 0.3 is 0 Å². The van der Waals surface area contributed by atoms with E-state index in [1.54, 1.807) is 6.07 Å². The molecule has 1 heterocycles. The Hall–Kier alpha value is -0.580. The lowest BCUT2D eigenvalue weighted by molar-refractivity contribution is 0.0941. The van der Waals surface area contributed by atoms with E-state index >= 15 is 0 Å². The van der Waals surface area contributed by atoms with Crippen molar-refractivity contribution in [2.45, 2.75) is 25.8 Å². The van der Waals surface area contributed by atoms with Gasteiger partial charge in [0.1, 0.15) is 0 Å². The van der Waals surface area contributed by atoms with E-state index in [0.717, 1.165) is 24.0 Å². The minimum Gasteiger partial charge on any atom is -0.350 e. The van der Waals surface area contributed by atoms with Crippen molar-refractivity contribution in [2.24, 2.45) is 0 Å². The van der Waals surface area contributed by atoms with Crippen LogP contribution in [0, 0.1) is 0 Å². The number of nitrogens with one attached hydrogen (secondary N) is 1. The summed E-state index contributed by atoms with van der Waals surface area (Å²) in [6, 6.07) is 5.85. The molecule has 0 saturated carbocycles. The number of carbonyl (C=O) groups excluding carboxylic acids is 1. The van der Waals surface area contributed by atoms with E-state index in [2.05, 4.69) is 33.1 Å². The third-order valence-electron chi connectivity index (χ3n) is 3.60. The Morgan fingerprint density at radius 3 is 3.11 bits per heavy atom. The molecule has 1 aliphatic rings. The summed E-state index contributed by atoms with van der Waals surface area (Å²) in [5.74, 6) is -0.103. The van der Waals surface area contributed by atoms with Crippen molar-refractivity contribution in [1.29, 1.82) is 0 Å². The zero-order chi connectivity index (χ0) is 13.8. The average Bonchev–Trinajstić information content (AvgIpc) is 2.86. The summed E-state index contributed by atoms with van der Waals surface area (Å²) in [4.78, 5) is 14.5. The molecule has 1 saturated heterocycles. The van der Waals surface area contributed by atoms with E-state index in [1.165, 1.54) is 6.42 Å². The number of hydrogen-bond donors (Lipinski definition) is 1. The maximum Gasteiger partial charge on any atom is 0.252 e. The molecule has 1 unspecified atom stereocenters. The molecule has 1 aromatic rings. The lowest BCUT2D eigenvalue weighted by atomic mass is 10.2. The van der Waals surface area contributed by atoms with Crippen LogP contribution in [0.2, 0.25) is 5.02 Å². The molecule has 2 rings (SSSR count). The quantitative estimate of drug-likeness (QED) is 0.908. The monoisotopic (exact) mass is 344 g/mol. The average molecular weight is 346 g/mol. The van der Waals surface area contributed by atoms with Crippen LogP contribution in [0.3, 0.4) is 0 Å². The Labute approximate surface area is 127 Å². The molecule has 1 aliphatic heterocycles. The highest BCUT2D eigenvalue weighted by molar-refractivity contribution is 9.10. The van der Waals surface area contributed by atoms with Gasteiger partial charge in [0.15, 0.2) is 0 Å². The number of rotatable bonds is 4. The number of halogens is 2. The molecular weight excluding hydrogens is 328 g/mol. The van der Waals surface area contributed by atoms with Crippen molar-refractivity contribution >= 4 is 33.4 Å². The van der Waals surface area contributed by atoms with Crippen molar-refractivity contribution in [3.63, 3.8) is 0 Å². The van der Waals surface area contributed by atoms with Crippen LogP contribution in [0.4, 0.5) is 0 Å². The van der Waals surface area contributed by atoms with E-state index < -0.39 is 0 Å². The van der Waals surface area contributed by atoms with Crippen LogP contribution in [-0.4, -0.2) is 36.5 Å². The summed E-state index contributed by atoms with van der Waals surface area (Å²) < 4.78 is 0.748. The normalized spacial score (nSPS) is 19.6. The maximum atomic E-state index is 12.1. The van der Waals surface area contributed by atoms with E-state index in [9.17, 15) is 4.79 Å². The SMILES string of the molecule is CCN1CCCC1CNC(=O)c1cccc(Br)c1Cl. The molecule has 0 aromatic heterocycles. The van der Waals surface area contributed by atoms with Gasteiger partial charge in [-0.3, -0.25) is 9.69 Å². The fourth-order valence-corrected chi connectivity index (χ4v) is 3.11. The van der Waals surface area contributed by atoms with Crippen LogP contribution in [0.1, 0.15) is 30.1 Å². The second kappa shape index (κ2) is 6.73. The number of hydrogen-bond acceptors (Lipinski definition) is 2. The lowest BCUT2D eigenvalue weighted by Crippen LogP contribution is -2.40. The molecule has 5 heteroatoms. The summed E-state index contributed by atoms with van der Waals surface area (Å²) in [5.41, 5.74) is 0.525. The van der Waals surface area contributed by atoms with E-state index in [4.69, 9.17) is 11.6 Å². The van der Waals surface area contributed by atoms with E-state index in [0.29, 0.717) is 23.2 Å². The van der Waals surface area contributed by atoms with Crippen molar-refractivity contribution < 1.29 is 4.79 Å². The summed E-state index contributed by atoms with van der Waals surface area (Å²) >= 11 is 9.45. The van der Waals surface area contributed by atoms with Gasteiger partial charge in [0, 0.05) is 17.1 Å². The van der Waals surface area contributed by atoms with Gasteiger partial charge < -0.3 is 5.32 Å². The van der Waals surface area contributed by atoms with Crippen molar-refractivity contribution in [2.75, 3.05) is 19.6 Å². The first-order chi connectivity index (χ1) is 9.13. The van der Waals surface area contributed by atoms with Crippen LogP contribution < -0.4 is 5.32 Å². The predicted octanol–water partition coefficient (Wildman–Crippen LogP) is 3.32. The molecule has 1 aromatic carbocycles. The Morgan fingerprint density at radius 1 is 1.58 bits per heavy atom. The van der Waals surface area contributed by atoms with E-state index in [-0.39, 0.29) is 5.91 Å². The van der Waals surface area contributed by atoms with Crippen molar-refractivity contribution in [3.8, 4) is 0 Å². The Kier molecular flexibility index (Phi) is 5.25. The fraction of sp³-hybridized carbons (Fsp3) is 0.500. The number of nitrogens with zero attached hydrogens (tertiary/aromatic N) is 1. The molecule has 0 spiro atoms. The highest BCUT2D eigenvalue weighted by atomic mass is 79.9. The molecular formula is C14H18BrClN2O. The molecule has 19 heavy (non-hydrogen) atoms. The summed E-state index contributed by atoms with van der Waals surface area (Å²) in [5, 5.41) is 3.46. The lowest BCUT2D eigenvalue weighted by Gasteiger charge is -2.23. The third kappa shape index (κ3) is 3.50.